The monoisotopic (exact) mass is 504 g/mol. The molecule has 0 amide bonds. The summed E-state index contributed by atoms with van der Waals surface area (Å²) in [6, 6.07) is 17.0. The molecule has 0 spiro atoms. The number of nitrogens with zero attached hydrogens (tertiary/aromatic N) is 3. The van der Waals surface area contributed by atoms with Crippen molar-refractivity contribution in [1.29, 1.82) is 0 Å². The van der Waals surface area contributed by atoms with Crippen LogP contribution in [0.5, 0.6) is 17.4 Å². The van der Waals surface area contributed by atoms with Crippen molar-refractivity contribution in [3.63, 3.8) is 0 Å². The maximum Gasteiger partial charge on any atom is 0.515 e. The van der Waals surface area contributed by atoms with Crippen molar-refractivity contribution in [3.8, 4) is 28.5 Å². The molecular formula is C26H24N4O5S. The van der Waals surface area contributed by atoms with E-state index in [1.807, 2.05) is 53.1 Å². The highest BCUT2D eigenvalue weighted by molar-refractivity contribution is 7.00. The largest absolute Gasteiger partial charge is 0.515 e. The Balaban J connectivity index is 1.75. The number of nitrogens with two attached hydrogens (primary N) is 1. The Hall–Kier alpha value is -4.31. The van der Waals surface area contributed by atoms with E-state index in [1.165, 1.54) is 11.7 Å². The number of fused-ring (bicyclic) bond motifs is 2. The Morgan fingerprint density at radius 3 is 2.56 bits per heavy atom. The maximum absolute atomic E-state index is 12.6. The predicted molar refractivity (Wildman–Crippen MR) is 139 cm³/mol. The molecule has 0 aliphatic carbocycles. The van der Waals surface area contributed by atoms with Crippen molar-refractivity contribution in [1.82, 2.24) is 13.3 Å². The van der Waals surface area contributed by atoms with E-state index in [4.69, 9.17) is 24.7 Å². The van der Waals surface area contributed by atoms with Gasteiger partial charge in [-0.25, -0.2) is 4.79 Å². The molecule has 0 radical (unpaired) electrons. The lowest BCUT2D eigenvalue weighted by Crippen LogP contribution is -2.14. The van der Waals surface area contributed by atoms with Gasteiger partial charge >= 0.3 is 6.16 Å². The summed E-state index contributed by atoms with van der Waals surface area (Å²) in [5.74, 6) is 1.46. The first kappa shape index (κ1) is 23.4. The lowest BCUT2D eigenvalue weighted by molar-refractivity contribution is 0.101. The summed E-state index contributed by atoms with van der Waals surface area (Å²) in [5.41, 5.74) is 11.7. The smallest absolute Gasteiger partial charge is 0.493 e. The molecule has 0 bridgehead atoms. The number of carbonyl (C=O) groups is 1. The molecule has 10 heteroatoms. The van der Waals surface area contributed by atoms with Crippen LogP contribution in [0, 0.1) is 0 Å². The number of anilines is 1. The quantitative estimate of drug-likeness (QED) is 0.229. The van der Waals surface area contributed by atoms with Gasteiger partial charge in [0.25, 0.3) is 0 Å². The van der Waals surface area contributed by atoms with E-state index < -0.39 is 6.16 Å². The molecule has 0 fully saturated rings. The summed E-state index contributed by atoms with van der Waals surface area (Å²) in [7, 11) is 3.15. The molecule has 0 atom stereocenters. The molecular weight excluding hydrogens is 480 g/mol. The lowest BCUT2D eigenvalue weighted by Gasteiger charge is -2.13. The van der Waals surface area contributed by atoms with Crippen LogP contribution in [0.2, 0.25) is 0 Å². The fraction of sp³-hybridized carbons (Fsp3) is 0.192. The Bertz CT molecular complexity index is 1580. The second-order valence-electron chi connectivity index (χ2n) is 7.99. The van der Waals surface area contributed by atoms with Gasteiger partial charge in [0.05, 0.1) is 50.2 Å². The van der Waals surface area contributed by atoms with Gasteiger partial charge in [-0.15, -0.1) is 0 Å². The van der Waals surface area contributed by atoms with E-state index in [-0.39, 0.29) is 6.61 Å². The fourth-order valence-electron chi connectivity index (χ4n) is 4.22. The molecule has 2 N–H and O–H groups in total. The van der Waals surface area contributed by atoms with Gasteiger partial charge in [0.15, 0.2) is 11.5 Å². The third-order valence-electron chi connectivity index (χ3n) is 5.81. The molecule has 0 aliphatic heterocycles. The molecule has 3 aromatic carbocycles. The highest BCUT2D eigenvalue weighted by atomic mass is 32.1. The second kappa shape index (κ2) is 9.74. The van der Waals surface area contributed by atoms with Gasteiger partial charge in [-0.2, -0.15) is 8.75 Å². The van der Waals surface area contributed by atoms with Crippen molar-refractivity contribution in [2.75, 3.05) is 26.6 Å². The number of aromatic nitrogens is 3. The highest BCUT2D eigenvalue weighted by Crippen LogP contribution is 2.44. The molecule has 2 aromatic heterocycles. The normalized spacial score (nSPS) is 11.1. The van der Waals surface area contributed by atoms with Gasteiger partial charge in [-0.3, -0.25) is 0 Å². The zero-order valence-electron chi connectivity index (χ0n) is 20.0. The first-order chi connectivity index (χ1) is 17.5. The van der Waals surface area contributed by atoms with Crippen molar-refractivity contribution < 1.29 is 23.7 Å². The maximum atomic E-state index is 12.6. The molecule has 0 saturated carbocycles. The van der Waals surface area contributed by atoms with Crippen LogP contribution >= 0.6 is 11.7 Å². The number of ether oxygens (including phenoxy) is 4. The fourth-order valence-corrected chi connectivity index (χ4v) is 4.73. The van der Waals surface area contributed by atoms with Crippen molar-refractivity contribution in [2.45, 2.75) is 13.5 Å². The summed E-state index contributed by atoms with van der Waals surface area (Å²) < 4.78 is 32.5. The van der Waals surface area contributed by atoms with Crippen LogP contribution < -0.4 is 19.9 Å². The molecule has 0 aliphatic rings. The molecule has 2 heterocycles. The van der Waals surface area contributed by atoms with Crippen LogP contribution in [0.15, 0.2) is 54.6 Å². The van der Waals surface area contributed by atoms with Crippen molar-refractivity contribution in [2.24, 2.45) is 0 Å². The zero-order valence-corrected chi connectivity index (χ0v) is 20.8. The van der Waals surface area contributed by atoms with Gasteiger partial charge in [0, 0.05) is 11.1 Å². The topological polar surface area (TPSA) is 111 Å². The molecule has 9 nitrogen and oxygen atoms in total. The minimum Gasteiger partial charge on any atom is -0.493 e. The Morgan fingerprint density at radius 2 is 1.78 bits per heavy atom. The number of hydrogen-bond donors (Lipinski definition) is 1. The first-order valence-electron chi connectivity index (χ1n) is 11.2. The first-order valence-corrected chi connectivity index (χ1v) is 11.9. The molecule has 5 aromatic rings. The number of carbonyl (C=O) groups excluding carboxylic acids is 1. The summed E-state index contributed by atoms with van der Waals surface area (Å²) >= 11 is 1.17. The summed E-state index contributed by atoms with van der Waals surface area (Å²) in [6.45, 7) is 2.32. The number of benzene rings is 3. The number of nitrogen functional groups attached to an aromatic ring is 1. The standard InChI is InChI=1S/C26H24N4O5S/c1-4-34-26(31)35-25-24(16-6-10-22(32-2)23(12-16)33-3)18-13-17(27)7-9-21(18)30(25)14-15-5-8-19-20(11-15)29-36-28-19/h5-13H,4,14,27H2,1-3H3. The summed E-state index contributed by atoms with van der Waals surface area (Å²) in [6.07, 6.45) is -0.796. The van der Waals surface area contributed by atoms with Crippen LogP contribution in [0.3, 0.4) is 0 Å². The molecule has 0 unspecified atom stereocenters. The third-order valence-corrected chi connectivity index (χ3v) is 6.37. The number of methoxy groups -OCH3 is 2. The van der Waals surface area contributed by atoms with E-state index in [0.717, 1.165) is 33.1 Å². The Labute approximate surface area is 211 Å². The van der Waals surface area contributed by atoms with Gasteiger partial charge in [0.1, 0.15) is 11.0 Å². The van der Waals surface area contributed by atoms with E-state index in [0.29, 0.717) is 35.2 Å². The van der Waals surface area contributed by atoms with Crippen LogP contribution in [-0.2, 0) is 11.3 Å². The van der Waals surface area contributed by atoms with E-state index in [2.05, 4.69) is 8.75 Å². The average Bonchev–Trinajstić information content (AvgIpc) is 3.46. The van der Waals surface area contributed by atoms with Gasteiger partial charge in [0.2, 0.25) is 5.88 Å². The van der Waals surface area contributed by atoms with Crippen molar-refractivity contribution in [3.05, 3.63) is 60.2 Å². The Kier molecular flexibility index (Phi) is 6.34. The molecule has 36 heavy (non-hydrogen) atoms. The second-order valence-corrected chi connectivity index (χ2v) is 8.51. The number of rotatable bonds is 7. The van der Waals surface area contributed by atoms with E-state index in [9.17, 15) is 4.79 Å². The van der Waals surface area contributed by atoms with Crippen molar-refractivity contribution >= 4 is 45.5 Å². The third kappa shape index (κ3) is 4.27. The van der Waals surface area contributed by atoms with E-state index in [1.54, 1.807) is 27.2 Å². The summed E-state index contributed by atoms with van der Waals surface area (Å²) in [5, 5.41) is 0.818. The van der Waals surface area contributed by atoms with Crippen LogP contribution in [0.1, 0.15) is 12.5 Å². The van der Waals surface area contributed by atoms with Crippen LogP contribution in [0.4, 0.5) is 10.5 Å². The molecule has 184 valence electrons. The Morgan fingerprint density at radius 1 is 0.972 bits per heavy atom. The molecule has 5 rings (SSSR count). The van der Waals surface area contributed by atoms with Crippen LogP contribution in [0.25, 0.3) is 33.1 Å². The van der Waals surface area contributed by atoms with Gasteiger partial charge < -0.3 is 29.2 Å². The SMILES string of the molecule is CCOC(=O)Oc1c(-c2ccc(OC)c(OC)c2)c2cc(N)ccc2n1Cc1ccc2nsnc2c1. The van der Waals surface area contributed by atoms with E-state index >= 15 is 0 Å². The summed E-state index contributed by atoms with van der Waals surface area (Å²) in [4.78, 5) is 12.6. The molecule has 0 saturated heterocycles. The number of hydrogen-bond acceptors (Lipinski definition) is 9. The van der Waals surface area contributed by atoms with Gasteiger partial charge in [-0.1, -0.05) is 12.1 Å². The van der Waals surface area contributed by atoms with Gasteiger partial charge in [-0.05, 0) is 60.5 Å². The lowest BCUT2D eigenvalue weighted by atomic mass is 10.0. The zero-order chi connectivity index (χ0) is 25.2. The minimum absolute atomic E-state index is 0.186. The average molecular weight is 505 g/mol. The minimum atomic E-state index is -0.796. The van der Waals surface area contributed by atoms with Crippen LogP contribution in [-0.4, -0.2) is 40.3 Å². The predicted octanol–water partition coefficient (Wildman–Crippen LogP) is 5.50. The highest BCUT2D eigenvalue weighted by Gasteiger charge is 2.24.